The van der Waals surface area contributed by atoms with Crippen LogP contribution in [0, 0.1) is 18.8 Å². The van der Waals surface area contributed by atoms with E-state index in [-0.39, 0.29) is 0 Å². The largest absolute Gasteiger partial charge is 0.272 e. The maximum atomic E-state index is 5.64. The van der Waals surface area contributed by atoms with E-state index in [1.54, 1.807) is 0 Å². The van der Waals surface area contributed by atoms with Crippen molar-refractivity contribution in [2.24, 2.45) is 24.7 Å². The van der Waals surface area contributed by atoms with E-state index < -0.39 is 0 Å². The van der Waals surface area contributed by atoms with E-state index in [0.717, 1.165) is 12.1 Å². The van der Waals surface area contributed by atoms with Crippen molar-refractivity contribution in [2.75, 3.05) is 0 Å². The first-order valence-electron chi connectivity index (χ1n) is 5.91. The summed E-state index contributed by atoms with van der Waals surface area (Å²) < 4.78 is 1.94. The molecule has 2 unspecified atom stereocenters. The van der Waals surface area contributed by atoms with Crippen molar-refractivity contribution in [3.8, 4) is 0 Å². The fourth-order valence-corrected chi connectivity index (χ4v) is 1.94. The first-order valence-corrected chi connectivity index (χ1v) is 5.91. The molecular weight excluding hydrogens is 200 g/mol. The molecule has 1 rings (SSSR count). The minimum absolute atomic E-state index is 0.301. The highest BCUT2D eigenvalue weighted by Crippen LogP contribution is 2.17. The van der Waals surface area contributed by atoms with Crippen molar-refractivity contribution in [3.63, 3.8) is 0 Å². The second-order valence-electron chi connectivity index (χ2n) is 4.98. The van der Waals surface area contributed by atoms with Crippen molar-refractivity contribution in [1.29, 1.82) is 0 Å². The Balaban J connectivity index is 2.73. The molecule has 0 aliphatic heterocycles. The topological polar surface area (TPSA) is 55.9 Å². The van der Waals surface area contributed by atoms with Crippen LogP contribution in [0.25, 0.3) is 0 Å². The summed E-state index contributed by atoms with van der Waals surface area (Å²) >= 11 is 0. The third kappa shape index (κ3) is 3.06. The van der Waals surface area contributed by atoms with Crippen molar-refractivity contribution in [2.45, 2.75) is 40.2 Å². The molecule has 0 aliphatic carbocycles. The van der Waals surface area contributed by atoms with Crippen molar-refractivity contribution >= 4 is 0 Å². The minimum Gasteiger partial charge on any atom is -0.272 e. The first kappa shape index (κ1) is 13.2. The number of hydrazine groups is 1. The Bertz CT molecular complexity index is 330. The Hall–Kier alpha value is -0.870. The Morgan fingerprint density at radius 3 is 2.44 bits per heavy atom. The summed E-state index contributed by atoms with van der Waals surface area (Å²) in [7, 11) is 1.98. The molecule has 0 saturated heterocycles. The van der Waals surface area contributed by atoms with Gasteiger partial charge in [-0.2, -0.15) is 5.10 Å². The Labute approximate surface area is 98.2 Å². The smallest absolute Gasteiger partial charge is 0.0596 e. The lowest BCUT2D eigenvalue weighted by atomic mass is 9.88. The molecule has 0 saturated carbocycles. The van der Waals surface area contributed by atoms with Gasteiger partial charge in [0.15, 0.2) is 0 Å². The number of nitrogens with one attached hydrogen (secondary N) is 1. The normalized spacial score (nSPS) is 15.4. The number of hydrogen-bond donors (Lipinski definition) is 2. The zero-order valence-corrected chi connectivity index (χ0v) is 11.0. The fourth-order valence-electron chi connectivity index (χ4n) is 1.94. The van der Waals surface area contributed by atoms with Crippen LogP contribution < -0.4 is 11.3 Å². The molecule has 1 heterocycles. The van der Waals surface area contributed by atoms with Crippen LogP contribution in [0.15, 0.2) is 6.07 Å². The lowest BCUT2D eigenvalue weighted by Gasteiger charge is -2.26. The van der Waals surface area contributed by atoms with Crippen LogP contribution >= 0.6 is 0 Å². The second kappa shape index (κ2) is 5.46. The molecule has 3 N–H and O–H groups in total. The summed E-state index contributed by atoms with van der Waals surface area (Å²) in [5.41, 5.74) is 5.22. The second-order valence-corrected chi connectivity index (χ2v) is 4.98. The number of nitrogens with two attached hydrogens (primary N) is 1. The average Bonchev–Trinajstić information content (AvgIpc) is 2.52. The maximum absolute atomic E-state index is 5.64. The molecule has 0 aliphatic rings. The maximum Gasteiger partial charge on any atom is 0.0596 e. The summed E-state index contributed by atoms with van der Waals surface area (Å²) in [4.78, 5) is 0. The van der Waals surface area contributed by atoms with Crippen LogP contribution in [0.5, 0.6) is 0 Å². The summed E-state index contributed by atoms with van der Waals surface area (Å²) in [6, 6.07) is 2.42. The van der Waals surface area contributed by atoms with Gasteiger partial charge >= 0.3 is 0 Å². The van der Waals surface area contributed by atoms with Crippen molar-refractivity contribution in [3.05, 3.63) is 17.5 Å². The monoisotopic (exact) mass is 224 g/mol. The predicted molar refractivity (Wildman–Crippen MR) is 66.8 cm³/mol. The summed E-state index contributed by atoms with van der Waals surface area (Å²) in [6.07, 6.45) is 0.924. The molecule has 1 aromatic heterocycles. The summed E-state index contributed by atoms with van der Waals surface area (Å²) in [6.45, 7) is 8.70. The highest BCUT2D eigenvalue weighted by Gasteiger charge is 2.20. The quantitative estimate of drug-likeness (QED) is 0.587. The molecule has 2 atom stereocenters. The van der Waals surface area contributed by atoms with Gasteiger partial charge in [-0.25, -0.2) is 0 Å². The number of rotatable bonds is 5. The van der Waals surface area contributed by atoms with Gasteiger partial charge in [-0.1, -0.05) is 20.8 Å². The van der Waals surface area contributed by atoms with Crippen molar-refractivity contribution in [1.82, 2.24) is 15.2 Å². The van der Waals surface area contributed by atoms with Gasteiger partial charge < -0.3 is 0 Å². The lowest BCUT2D eigenvalue weighted by molar-refractivity contribution is 0.296. The van der Waals surface area contributed by atoms with Gasteiger partial charge in [0.2, 0.25) is 0 Å². The third-order valence-electron chi connectivity index (χ3n) is 3.43. The molecule has 0 fully saturated rings. The van der Waals surface area contributed by atoms with Crippen LogP contribution in [-0.4, -0.2) is 15.8 Å². The number of aryl methyl sites for hydroxylation is 2. The summed E-state index contributed by atoms with van der Waals surface area (Å²) in [5, 5.41) is 4.35. The average molecular weight is 224 g/mol. The Kier molecular flexibility index (Phi) is 4.50. The van der Waals surface area contributed by atoms with E-state index in [2.05, 4.69) is 37.4 Å². The van der Waals surface area contributed by atoms with Gasteiger partial charge in [0.1, 0.15) is 0 Å². The van der Waals surface area contributed by atoms with Gasteiger partial charge in [0.25, 0.3) is 0 Å². The van der Waals surface area contributed by atoms with E-state index in [0.29, 0.717) is 17.9 Å². The van der Waals surface area contributed by atoms with Gasteiger partial charge in [0.05, 0.1) is 5.69 Å². The van der Waals surface area contributed by atoms with Crippen LogP contribution in [0.4, 0.5) is 0 Å². The molecule has 4 nitrogen and oxygen atoms in total. The van der Waals surface area contributed by atoms with Gasteiger partial charge in [0, 0.05) is 25.2 Å². The van der Waals surface area contributed by atoms with Crippen LogP contribution in [-0.2, 0) is 13.5 Å². The molecule has 0 amide bonds. The van der Waals surface area contributed by atoms with E-state index in [4.69, 9.17) is 5.84 Å². The molecule has 0 bridgehead atoms. The zero-order valence-electron chi connectivity index (χ0n) is 11.0. The molecule has 92 valence electrons. The van der Waals surface area contributed by atoms with Gasteiger partial charge in [-0.3, -0.25) is 16.0 Å². The van der Waals surface area contributed by atoms with Crippen LogP contribution in [0.3, 0.4) is 0 Å². The van der Waals surface area contributed by atoms with Crippen LogP contribution in [0.1, 0.15) is 32.2 Å². The van der Waals surface area contributed by atoms with Crippen LogP contribution in [0.2, 0.25) is 0 Å². The Morgan fingerprint density at radius 1 is 1.44 bits per heavy atom. The van der Waals surface area contributed by atoms with Gasteiger partial charge in [-0.05, 0) is 24.8 Å². The zero-order chi connectivity index (χ0) is 12.3. The molecule has 0 aromatic carbocycles. The molecule has 16 heavy (non-hydrogen) atoms. The van der Waals surface area contributed by atoms with E-state index in [1.807, 2.05) is 18.7 Å². The van der Waals surface area contributed by atoms with E-state index >= 15 is 0 Å². The third-order valence-corrected chi connectivity index (χ3v) is 3.43. The predicted octanol–water partition coefficient (Wildman–Crippen LogP) is 1.40. The standard InChI is InChI=1S/C12H24N4/c1-8(2)10(4)12(14-13)7-11-6-9(3)15-16(11)5/h6,8,10,12,14H,7,13H2,1-5H3. The highest BCUT2D eigenvalue weighted by atomic mass is 15.3. The number of hydrogen-bond acceptors (Lipinski definition) is 3. The summed E-state index contributed by atoms with van der Waals surface area (Å²) in [5.74, 6) is 6.80. The SMILES string of the molecule is Cc1cc(CC(NN)C(C)C(C)C)n(C)n1. The molecule has 0 radical (unpaired) electrons. The van der Waals surface area contributed by atoms with Gasteiger partial charge in [-0.15, -0.1) is 0 Å². The molecule has 1 aromatic rings. The fraction of sp³-hybridized carbons (Fsp3) is 0.750. The first-order chi connectivity index (χ1) is 7.45. The minimum atomic E-state index is 0.301. The van der Waals surface area contributed by atoms with Crippen molar-refractivity contribution < 1.29 is 0 Å². The van der Waals surface area contributed by atoms with E-state index in [9.17, 15) is 0 Å². The molecule has 4 heteroatoms. The number of nitrogens with zero attached hydrogens (tertiary/aromatic N) is 2. The van der Waals surface area contributed by atoms with E-state index in [1.165, 1.54) is 5.69 Å². The number of aromatic nitrogens is 2. The Morgan fingerprint density at radius 2 is 2.06 bits per heavy atom. The molecular formula is C12H24N4. The highest BCUT2D eigenvalue weighted by molar-refractivity contribution is 5.10. The molecule has 0 spiro atoms. The lowest BCUT2D eigenvalue weighted by Crippen LogP contribution is -2.43.